The van der Waals surface area contributed by atoms with Gasteiger partial charge in [0.15, 0.2) is 0 Å². The molecule has 2 aliphatic rings. The van der Waals surface area contributed by atoms with Crippen LogP contribution >= 0.6 is 0 Å². The van der Waals surface area contributed by atoms with Gasteiger partial charge in [-0.1, -0.05) is 30.3 Å². The van der Waals surface area contributed by atoms with E-state index in [1.54, 1.807) is 0 Å². The third-order valence-corrected chi connectivity index (χ3v) is 4.37. The molecule has 2 aliphatic carbocycles. The lowest BCUT2D eigenvalue weighted by molar-refractivity contribution is -0.121. The number of carbonyl (C=O) groups is 1. The lowest BCUT2D eigenvalue weighted by Gasteiger charge is -2.36. The molecule has 20 heavy (non-hydrogen) atoms. The molecule has 0 atom stereocenters. The summed E-state index contributed by atoms with van der Waals surface area (Å²) in [6, 6.07) is 11.9. The highest BCUT2D eigenvalue weighted by atomic mass is 16.1. The van der Waals surface area contributed by atoms with Gasteiger partial charge in [-0.2, -0.15) is 0 Å². The van der Waals surface area contributed by atoms with Crippen LogP contribution in [0.1, 0.15) is 50.0 Å². The van der Waals surface area contributed by atoms with Gasteiger partial charge in [0.05, 0.1) is 0 Å². The van der Waals surface area contributed by atoms with E-state index in [1.807, 2.05) is 0 Å². The van der Waals surface area contributed by atoms with Gasteiger partial charge in [-0.05, 0) is 50.1 Å². The highest BCUT2D eigenvalue weighted by molar-refractivity contribution is 5.76. The van der Waals surface area contributed by atoms with Crippen LogP contribution in [-0.4, -0.2) is 24.5 Å². The van der Waals surface area contributed by atoms with Crippen LogP contribution in [0.25, 0.3) is 0 Å². The normalized spacial score (nSPS) is 25.0. The average Bonchev–Trinajstić information content (AvgIpc) is 3.21. The summed E-state index contributed by atoms with van der Waals surface area (Å²) < 4.78 is 0. The Balaban J connectivity index is 1.25. The maximum atomic E-state index is 11.5. The first-order valence-corrected chi connectivity index (χ1v) is 7.89. The summed E-state index contributed by atoms with van der Waals surface area (Å²) in [5.41, 5.74) is 1.47. The van der Waals surface area contributed by atoms with E-state index >= 15 is 0 Å². The SMILES string of the molecule is O=C(CCCNC1CC(c2ccccc2)C1)NC1CC1. The van der Waals surface area contributed by atoms with Crippen LogP contribution in [0.2, 0.25) is 0 Å². The standard InChI is InChI=1S/C17H24N2O/c20-17(19-15-8-9-15)7-4-10-18-16-11-14(12-16)13-5-2-1-3-6-13/h1-3,5-6,14-16,18H,4,7-12H2,(H,19,20). The van der Waals surface area contributed by atoms with Gasteiger partial charge in [0.25, 0.3) is 0 Å². The highest BCUT2D eigenvalue weighted by Gasteiger charge is 2.29. The number of carbonyl (C=O) groups excluding carboxylic acids is 1. The summed E-state index contributed by atoms with van der Waals surface area (Å²) in [5, 5.41) is 6.59. The second kappa shape index (κ2) is 6.40. The minimum Gasteiger partial charge on any atom is -0.353 e. The van der Waals surface area contributed by atoms with Crippen molar-refractivity contribution in [1.82, 2.24) is 10.6 Å². The fraction of sp³-hybridized carbons (Fsp3) is 0.588. The van der Waals surface area contributed by atoms with Crippen LogP contribution in [0.15, 0.2) is 30.3 Å². The maximum absolute atomic E-state index is 11.5. The van der Waals surface area contributed by atoms with Crippen molar-refractivity contribution in [1.29, 1.82) is 0 Å². The summed E-state index contributed by atoms with van der Waals surface area (Å²) in [7, 11) is 0. The van der Waals surface area contributed by atoms with Crippen molar-refractivity contribution in [3.63, 3.8) is 0 Å². The number of hydrogen-bond donors (Lipinski definition) is 2. The lowest BCUT2D eigenvalue weighted by atomic mass is 9.76. The van der Waals surface area contributed by atoms with Crippen LogP contribution in [0, 0.1) is 0 Å². The second-order valence-electron chi connectivity index (χ2n) is 6.18. The van der Waals surface area contributed by atoms with Crippen molar-refractivity contribution in [2.45, 2.75) is 56.5 Å². The molecule has 1 aromatic carbocycles. The molecule has 2 fully saturated rings. The number of benzene rings is 1. The molecule has 1 amide bonds. The molecule has 2 saturated carbocycles. The molecule has 0 heterocycles. The monoisotopic (exact) mass is 272 g/mol. The summed E-state index contributed by atoms with van der Waals surface area (Å²) in [5.74, 6) is 0.955. The summed E-state index contributed by atoms with van der Waals surface area (Å²) in [6.07, 6.45) is 6.43. The van der Waals surface area contributed by atoms with E-state index < -0.39 is 0 Å². The van der Waals surface area contributed by atoms with E-state index in [4.69, 9.17) is 0 Å². The van der Waals surface area contributed by atoms with Crippen molar-refractivity contribution < 1.29 is 4.79 Å². The van der Waals surface area contributed by atoms with E-state index in [9.17, 15) is 4.79 Å². The van der Waals surface area contributed by atoms with Crippen molar-refractivity contribution in [3.05, 3.63) is 35.9 Å². The number of hydrogen-bond acceptors (Lipinski definition) is 2. The third kappa shape index (κ3) is 3.83. The molecule has 0 spiro atoms. The Kier molecular flexibility index (Phi) is 4.36. The maximum Gasteiger partial charge on any atom is 0.220 e. The Bertz CT molecular complexity index is 436. The van der Waals surface area contributed by atoms with Crippen molar-refractivity contribution in [2.24, 2.45) is 0 Å². The smallest absolute Gasteiger partial charge is 0.220 e. The molecular weight excluding hydrogens is 248 g/mol. The van der Waals surface area contributed by atoms with E-state index in [0.29, 0.717) is 18.5 Å². The minimum absolute atomic E-state index is 0.227. The molecule has 2 N–H and O–H groups in total. The largest absolute Gasteiger partial charge is 0.353 e. The molecule has 108 valence electrons. The molecule has 0 saturated heterocycles. The molecule has 0 unspecified atom stereocenters. The quantitative estimate of drug-likeness (QED) is 0.749. The molecular formula is C17H24N2O. The van der Waals surface area contributed by atoms with Crippen molar-refractivity contribution >= 4 is 5.91 Å². The van der Waals surface area contributed by atoms with Crippen LogP contribution in [-0.2, 0) is 4.79 Å². The number of nitrogens with one attached hydrogen (secondary N) is 2. The molecule has 0 bridgehead atoms. The first-order valence-electron chi connectivity index (χ1n) is 7.89. The first kappa shape index (κ1) is 13.6. The van der Waals surface area contributed by atoms with Gasteiger partial charge in [-0.15, -0.1) is 0 Å². The van der Waals surface area contributed by atoms with Gasteiger partial charge >= 0.3 is 0 Å². The zero-order valence-electron chi connectivity index (χ0n) is 12.0. The van der Waals surface area contributed by atoms with Gasteiger partial charge in [0.2, 0.25) is 5.91 Å². The Morgan fingerprint density at radius 3 is 2.55 bits per heavy atom. The topological polar surface area (TPSA) is 41.1 Å². The first-order chi connectivity index (χ1) is 9.81. The molecule has 1 aromatic rings. The van der Waals surface area contributed by atoms with Crippen molar-refractivity contribution in [3.8, 4) is 0 Å². The van der Waals surface area contributed by atoms with Crippen molar-refractivity contribution in [2.75, 3.05) is 6.54 Å². The van der Waals surface area contributed by atoms with Gasteiger partial charge < -0.3 is 10.6 Å². The summed E-state index contributed by atoms with van der Waals surface area (Å²) >= 11 is 0. The minimum atomic E-state index is 0.227. The van der Waals surface area contributed by atoms with Crippen LogP contribution < -0.4 is 10.6 Å². The average molecular weight is 272 g/mol. The van der Waals surface area contributed by atoms with Crippen LogP contribution in [0.5, 0.6) is 0 Å². The van der Waals surface area contributed by atoms with Gasteiger partial charge in [0.1, 0.15) is 0 Å². The summed E-state index contributed by atoms with van der Waals surface area (Å²) in [4.78, 5) is 11.5. The van der Waals surface area contributed by atoms with Gasteiger partial charge in [-0.3, -0.25) is 4.79 Å². The predicted octanol–water partition coefficient (Wildman–Crippen LogP) is 2.58. The Labute approximate surface area is 121 Å². The highest BCUT2D eigenvalue weighted by Crippen LogP contribution is 2.36. The molecule has 3 heteroatoms. The molecule has 0 aliphatic heterocycles. The number of rotatable bonds is 7. The lowest BCUT2D eigenvalue weighted by Crippen LogP contribution is -2.40. The van der Waals surface area contributed by atoms with Crippen LogP contribution in [0.3, 0.4) is 0 Å². The Morgan fingerprint density at radius 2 is 1.85 bits per heavy atom. The van der Waals surface area contributed by atoms with E-state index in [1.165, 1.54) is 31.2 Å². The predicted molar refractivity (Wildman–Crippen MR) is 80.6 cm³/mol. The molecule has 3 rings (SSSR count). The van der Waals surface area contributed by atoms with E-state index in [0.717, 1.165) is 18.9 Å². The Hall–Kier alpha value is -1.35. The molecule has 0 aromatic heterocycles. The molecule has 3 nitrogen and oxygen atoms in total. The third-order valence-electron chi connectivity index (χ3n) is 4.37. The van der Waals surface area contributed by atoms with E-state index in [-0.39, 0.29) is 5.91 Å². The van der Waals surface area contributed by atoms with Crippen LogP contribution in [0.4, 0.5) is 0 Å². The zero-order valence-corrected chi connectivity index (χ0v) is 12.0. The number of amides is 1. The van der Waals surface area contributed by atoms with E-state index in [2.05, 4.69) is 41.0 Å². The summed E-state index contributed by atoms with van der Waals surface area (Å²) in [6.45, 7) is 0.963. The van der Waals surface area contributed by atoms with Gasteiger partial charge in [-0.25, -0.2) is 0 Å². The molecule has 0 radical (unpaired) electrons. The van der Waals surface area contributed by atoms with Gasteiger partial charge in [0, 0.05) is 18.5 Å². The second-order valence-corrected chi connectivity index (χ2v) is 6.18. The fourth-order valence-electron chi connectivity index (χ4n) is 2.86. The Morgan fingerprint density at radius 1 is 1.10 bits per heavy atom. The zero-order chi connectivity index (χ0) is 13.8. The fourth-order valence-corrected chi connectivity index (χ4v) is 2.86.